The summed E-state index contributed by atoms with van der Waals surface area (Å²) in [6.07, 6.45) is 4.22. The predicted octanol–water partition coefficient (Wildman–Crippen LogP) is 3.90. The molecule has 2 heterocycles. The third-order valence-electron chi connectivity index (χ3n) is 7.28. The van der Waals surface area contributed by atoms with Crippen molar-refractivity contribution in [3.8, 4) is 11.4 Å². The maximum absolute atomic E-state index is 14.1. The van der Waals surface area contributed by atoms with Crippen molar-refractivity contribution in [2.24, 2.45) is 5.92 Å². The van der Waals surface area contributed by atoms with Crippen molar-refractivity contribution >= 4 is 15.7 Å². The summed E-state index contributed by atoms with van der Waals surface area (Å²) >= 11 is 0. The molecule has 3 aromatic rings. The molecule has 1 aliphatic heterocycles. The molecule has 0 bridgehead atoms. The maximum Gasteiger partial charge on any atom is 0.316 e. The van der Waals surface area contributed by atoms with Crippen LogP contribution >= 0.6 is 0 Å². The molecule has 0 amide bonds. The zero-order valence-electron chi connectivity index (χ0n) is 21.7. The number of anilines is 1. The van der Waals surface area contributed by atoms with Gasteiger partial charge in [-0.15, -0.1) is 0 Å². The molecular weight excluding hydrogens is 507 g/mol. The Balaban J connectivity index is 1.41. The van der Waals surface area contributed by atoms with Gasteiger partial charge in [0, 0.05) is 26.2 Å². The van der Waals surface area contributed by atoms with Crippen LogP contribution in [0.4, 0.5) is 10.1 Å². The fourth-order valence-corrected chi connectivity index (χ4v) is 6.82. The van der Waals surface area contributed by atoms with Crippen LogP contribution in [-0.2, 0) is 15.8 Å². The molecule has 2 aromatic carbocycles. The van der Waals surface area contributed by atoms with E-state index in [1.54, 1.807) is 19.2 Å². The lowest BCUT2D eigenvalue weighted by Crippen LogP contribution is -2.49. The standard InChI is InChI=1S/C28H33FN4O4S/c1-20-8-9-25(16-20)37-27-26(18-30-33(28(27)34)24-15-21(2)14-23(29)17-24)31-10-12-32(13-11-31)38(35,36)19-22-6-4-3-5-7-22/h3-7,14-15,17-18,20,25H,8-13,16,19H2,1-2H3. The van der Waals surface area contributed by atoms with Gasteiger partial charge < -0.3 is 9.64 Å². The Labute approximate surface area is 222 Å². The monoisotopic (exact) mass is 540 g/mol. The molecule has 0 spiro atoms. The van der Waals surface area contributed by atoms with Crippen LogP contribution in [0, 0.1) is 18.7 Å². The van der Waals surface area contributed by atoms with E-state index in [2.05, 4.69) is 12.0 Å². The largest absolute Gasteiger partial charge is 0.483 e. The lowest BCUT2D eigenvalue weighted by atomic mass is 10.1. The summed E-state index contributed by atoms with van der Waals surface area (Å²) in [5.41, 5.74) is 1.85. The van der Waals surface area contributed by atoms with E-state index in [9.17, 15) is 17.6 Å². The van der Waals surface area contributed by atoms with Gasteiger partial charge in [-0.25, -0.2) is 12.8 Å². The Morgan fingerprint density at radius 3 is 2.45 bits per heavy atom. The van der Waals surface area contributed by atoms with Gasteiger partial charge >= 0.3 is 5.56 Å². The Bertz CT molecular complexity index is 1430. The molecule has 202 valence electrons. The molecule has 1 saturated carbocycles. The van der Waals surface area contributed by atoms with Gasteiger partial charge in [-0.05, 0) is 61.4 Å². The second-order valence-corrected chi connectivity index (χ2v) is 12.3. The van der Waals surface area contributed by atoms with E-state index in [-0.39, 0.29) is 17.6 Å². The Morgan fingerprint density at radius 1 is 1.05 bits per heavy atom. The molecule has 10 heteroatoms. The van der Waals surface area contributed by atoms with Crippen LogP contribution in [0.15, 0.2) is 59.5 Å². The number of aryl methyl sites for hydroxylation is 1. The highest BCUT2D eigenvalue weighted by molar-refractivity contribution is 7.88. The van der Waals surface area contributed by atoms with Crippen molar-refractivity contribution in [1.82, 2.24) is 14.1 Å². The number of piperazine rings is 1. The minimum absolute atomic E-state index is 0.0489. The molecule has 2 atom stereocenters. The Morgan fingerprint density at radius 2 is 1.79 bits per heavy atom. The molecule has 8 nitrogen and oxygen atoms in total. The summed E-state index contributed by atoms with van der Waals surface area (Å²) in [5, 5.41) is 4.36. The summed E-state index contributed by atoms with van der Waals surface area (Å²) in [5.74, 6) is 0.197. The summed E-state index contributed by atoms with van der Waals surface area (Å²) in [4.78, 5) is 15.6. The fraction of sp³-hybridized carbons (Fsp3) is 0.429. The minimum atomic E-state index is -3.48. The highest BCUT2D eigenvalue weighted by Crippen LogP contribution is 2.32. The van der Waals surface area contributed by atoms with Crippen LogP contribution in [0.25, 0.3) is 5.69 Å². The summed E-state index contributed by atoms with van der Waals surface area (Å²) < 4.78 is 49.2. The summed E-state index contributed by atoms with van der Waals surface area (Å²) in [6.45, 7) is 5.31. The number of hydrogen-bond acceptors (Lipinski definition) is 6. The zero-order valence-corrected chi connectivity index (χ0v) is 22.5. The quantitative estimate of drug-likeness (QED) is 0.452. The van der Waals surface area contributed by atoms with Gasteiger partial charge in [0.2, 0.25) is 15.8 Å². The molecule has 2 fully saturated rings. The lowest BCUT2D eigenvalue weighted by molar-refractivity contribution is 0.201. The number of ether oxygens (including phenoxy) is 1. The van der Waals surface area contributed by atoms with Crippen LogP contribution in [0.5, 0.6) is 5.75 Å². The van der Waals surface area contributed by atoms with Crippen LogP contribution < -0.4 is 15.2 Å². The molecule has 2 unspecified atom stereocenters. The number of benzene rings is 2. The second kappa shape index (κ2) is 10.9. The molecule has 0 radical (unpaired) electrons. The lowest BCUT2D eigenvalue weighted by Gasteiger charge is -2.36. The third-order valence-corrected chi connectivity index (χ3v) is 9.13. The first-order valence-electron chi connectivity index (χ1n) is 13.0. The molecule has 38 heavy (non-hydrogen) atoms. The van der Waals surface area contributed by atoms with Gasteiger partial charge in [0.25, 0.3) is 0 Å². The van der Waals surface area contributed by atoms with Crippen molar-refractivity contribution in [1.29, 1.82) is 0 Å². The summed E-state index contributed by atoms with van der Waals surface area (Å²) in [6, 6.07) is 13.5. The second-order valence-electron chi connectivity index (χ2n) is 10.3. The average molecular weight is 541 g/mol. The number of aromatic nitrogens is 2. The number of halogens is 1. The average Bonchev–Trinajstić information content (AvgIpc) is 3.29. The zero-order chi connectivity index (χ0) is 26.9. The van der Waals surface area contributed by atoms with Crippen LogP contribution in [0.1, 0.15) is 37.3 Å². The Hall–Kier alpha value is -3.24. The van der Waals surface area contributed by atoms with E-state index in [0.717, 1.165) is 24.8 Å². The van der Waals surface area contributed by atoms with Gasteiger partial charge in [-0.3, -0.25) is 4.79 Å². The maximum atomic E-state index is 14.1. The smallest absolute Gasteiger partial charge is 0.316 e. The van der Waals surface area contributed by atoms with Gasteiger partial charge in [-0.2, -0.15) is 14.1 Å². The number of hydrogen-bond donors (Lipinski definition) is 0. The topological polar surface area (TPSA) is 84.7 Å². The number of sulfonamides is 1. The van der Waals surface area contributed by atoms with Crippen LogP contribution in [0.2, 0.25) is 0 Å². The first-order valence-corrected chi connectivity index (χ1v) is 14.6. The molecule has 1 aliphatic carbocycles. The normalized spacial score (nSPS) is 20.6. The fourth-order valence-electron chi connectivity index (χ4n) is 5.30. The van der Waals surface area contributed by atoms with E-state index in [1.165, 1.54) is 21.1 Å². The first kappa shape index (κ1) is 26.4. The molecule has 2 aliphatic rings. The summed E-state index contributed by atoms with van der Waals surface area (Å²) in [7, 11) is -3.48. The van der Waals surface area contributed by atoms with Crippen molar-refractivity contribution in [3.05, 3.63) is 82.0 Å². The number of rotatable bonds is 7. The first-order chi connectivity index (χ1) is 18.2. The molecule has 1 saturated heterocycles. The third kappa shape index (κ3) is 5.76. The van der Waals surface area contributed by atoms with Crippen LogP contribution in [0.3, 0.4) is 0 Å². The number of nitrogens with zero attached hydrogens (tertiary/aromatic N) is 4. The van der Waals surface area contributed by atoms with Gasteiger partial charge in [0.05, 0.1) is 23.7 Å². The van der Waals surface area contributed by atoms with E-state index in [0.29, 0.717) is 49.0 Å². The van der Waals surface area contributed by atoms with Crippen molar-refractivity contribution in [3.63, 3.8) is 0 Å². The van der Waals surface area contributed by atoms with Crippen molar-refractivity contribution in [2.75, 3.05) is 31.1 Å². The van der Waals surface area contributed by atoms with Gasteiger partial charge in [0.15, 0.2) is 0 Å². The SMILES string of the molecule is Cc1cc(F)cc(-n2ncc(N3CCN(S(=O)(=O)Cc4ccccc4)CC3)c(OC3CCC(C)C3)c2=O)c1. The highest BCUT2D eigenvalue weighted by atomic mass is 32.2. The van der Waals surface area contributed by atoms with Crippen molar-refractivity contribution in [2.45, 2.75) is 45.0 Å². The van der Waals surface area contributed by atoms with E-state index in [1.807, 2.05) is 35.2 Å². The molecule has 5 rings (SSSR count). The molecule has 0 N–H and O–H groups in total. The molecule has 1 aromatic heterocycles. The molecular formula is C28H33FN4O4S. The highest BCUT2D eigenvalue weighted by Gasteiger charge is 2.31. The van der Waals surface area contributed by atoms with Gasteiger partial charge in [-0.1, -0.05) is 37.3 Å². The predicted molar refractivity (Wildman–Crippen MR) is 145 cm³/mol. The van der Waals surface area contributed by atoms with E-state index >= 15 is 0 Å². The van der Waals surface area contributed by atoms with E-state index in [4.69, 9.17) is 4.74 Å². The minimum Gasteiger partial charge on any atom is -0.483 e. The van der Waals surface area contributed by atoms with Gasteiger partial charge in [0.1, 0.15) is 11.5 Å². The van der Waals surface area contributed by atoms with Crippen molar-refractivity contribution < 1.29 is 17.5 Å². The Kier molecular flexibility index (Phi) is 7.54. The van der Waals surface area contributed by atoms with E-state index < -0.39 is 21.4 Å². The van der Waals surface area contributed by atoms with Crippen LogP contribution in [-0.4, -0.2) is 54.8 Å².